The molecular formula is C28H32F4. The first-order valence-electron chi connectivity index (χ1n) is 11.8. The van der Waals surface area contributed by atoms with Gasteiger partial charge in [0.05, 0.1) is 5.56 Å². The molecule has 0 radical (unpaired) electrons. The largest absolute Gasteiger partial charge is 0.206 e. The van der Waals surface area contributed by atoms with Crippen molar-refractivity contribution in [1.82, 2.24) is 0 Å². The smallest absolute Gasteiger partial charge is 0.160 e. The van der Waals surface area contributed by atoms with Gasteiger partial charge in [-0.3, -0.25) is 0 Å². The first kappa shape index (κ1) is 24.4. The second-order valence-electron chi connectivity index (χ2n) is 9.27. The monoisotopic (exact) mass is 444 g/mol. The summed E-state index contributed by atoms with van der Waals surface area (Å²) < 4.78 is 55.4. The maximum absolute atomic E-state index is 14.6. The lowest BCUT2D eigenvalue weighted by Gasteiger charge is -2.32. The summed E-state index contributed by atoms with van der Waals surface area (Å²) in [6, 6.07) is 5.83. The Labute approximate surface area is 189 Å². The third kappa shape index (κ3) is 6.61. The average molecular weight is 445 g/mol. The van der Waals surface area contributed by atoms with E-state index >= 15 is 0 Å². The van der Waals surface area contributed by atoms with Crippen molar-refractivity contribution < 1.29 is 17.6 Å². The first-order valence-corrected chi connectivity index (χ1v) is 11.8. The number of rotatable bonds is 7. The van der Waals surface area contributed by atoms with E-state index in [0.29, 0.717) is 23.8 Å². The molecular weight excluding hydrogens is 412 g/mol. The summed E-state index contributed by atoms with van der Waals surface area (Å²) in [7, 11) is 0. The van der Waals surface area contributed by atoms with Crippen LogP contribution in [-0.2, 0) is 6.42 Å². The molecule has 32 heavy (non-hydrogen) atoms. The van der Waals surface area contributed by atoms with Gasteiger partial charge in [-0.25, -0.2) is 17.6 Å². The molecule has 1 aliphatic rings. The van der Waals surface area contributed by atoms with E-state index in [4.69, 9.17) is 0 Å². The van der Waals surface area contributed by atoms with E-state index in [1.807, 2.05) is 0 Å². The van der Waals surface area contributed by atoms with E-state index in [1.54, 1.807) is 0 Å². The Hall–Kier alpha value is -2.28. The van der Waals surface area contributed by atoms with E-state index in [2.05, 4.69) is 25.7 Å². The van der Waals surface area contributed by atoms with E-state index in [0.717, 1.165) is 18.1 Å². The van der Waals surface area contributed by atoms with Crippen LogP contribution < -0.4 is 0 Å². The van der Waals surface area contributed by atoms with Crippen LogP contribution in [0.25, 0.3) is 0 Å². The quantitative estimate of drug-likeness (QED) is 0.229. The second-order valence-corrected chi connectivity index (χ2v) is 9.27. The van der Waals surface area contributed by atoms with Gasteiger partial charge >= 0.3 is 0 Å². The van der Waals surface area contributed by atoms with E-state index in [-0.39, 0.29) is 11.1 Å². The Morgan fingerprint density at radius 2 is 1.53 bits per heavy atom. The molecule has 0 saturated heterocycles. The molecule has 1 aliphatic carbocycles. The number of hydrogen-bond acceptors (Lipinski definition) is 0. The van der Waals surface area contributed by atoms with Crippen LogP contribution in [0.2, 0.25) is 0 Å². The fourth-order valence-corrected chi connectivity index (χ4v) is 4.84. The summed E-state index contributed by atoms with van der Waals surface area (Å²) in [5.74, 6) is 3.26. The predicted molar refractivity (Wildman–Crippen MR) is 121 cm³/mol. The van der Waals surface area contributed by atoms with Gasteiger partial charge in [-0.05, 0) is 72.9 Å². The van der Waals surface area contributed by atoms with Crippen molar-refractivity contribution in [3.05, 3.63) is 70.3 Å². The summed E-state index contributed by atoms with van der Waals surface area (Å²) in [5.41, 5.74) is 0.445. The lowest BCUT2D eigenvalue weighted by atomic mass is 9.73. The molecule has 2 aromatic rings. The molecule has 0 amide bonds. The van der Waals surface area contributed by atoms with Gasteiger partial charge in [0.1, 0.15) is 11.6 Å². The fraction of sp³-hybridized carbons (Fsp3) is 0.500. The Kier molecular flexibility index (Phi) is 8.79. The van der Waals surface area contributed by atoms with Gasteiger partial charge < -0.3 is 0 Å². The normalized spacial score (nSPS) is 19.3. The number of hydrogen-bond donors (Lipinski definition) is 0. The predicted octanol–water partition coefficient (Wildman–Crippen LogP) is 8.21. The summed E-state index contributed by atoms with van der Waals surface area (Å²) in [6.07, 6.45) is 10.8. The van der Waals surface area contributed by atoms with Gasteiger partial charge in [-0.2, -0.15) is 0 Å². The van der Waals surface area contributed by atoms with Crippen molar-refractivity contribution in [3.8, 4) is 11.8 Å². The van der Waals surface area contributed by atoms with Gasteiger partial charge in [-0.15, -0.1) is 0 Å². The lowest BCUT2D eigenvalue weighted by molar-refractivity contribution is 0.204. The summed E-state index contributed by atoms with van der Waals surface area (Å²) in [4.78, 5) is 0. The summed E-state index contributed by atoms with van der Waals surface area (Å²) in [5, 5.41) is 0. The third-order valence-corrected chi connectivity index (χ3v) is 6.82. The van der Waals surface area contributed by atoms with Gasteiger partial charge in [0.25, 0.3) is 0 Å². The van der Waals surface area contributed by atoms with Gasteiger partial charge in [-0.1, -0.05) is 64.2 Å². The van der Waals surface area contributed by atoms with Crippen molar-refractivity contribution in [2.45, 2.75) is 71.6 Å². The van der Waals surface area contributed by atoms with Crippen LogP contribution in [0, 0.1) is 52.9 Å². The first-order chi connectivity index (χ1) is 15.4. The Bertz CT molecular complexity index is 938. The van der Waals surface area contributed by atoms with Crippen molar-refractivity contribution in [1.29, 1.82) is 0 Å². The van der Waals surface area contributed by atoms with Crippen molar-refractivity contribution in [3.63, 3.8) is 0 Å². The zero-order valence-electron chi connectivity index (χ0n) is 19.0. The third-order valence-electron chi connectivity index (χ3n) is 6.82. The molecule has 1 unspecified atom stereocenters. The van der Waals surface area contributed by atoms with E-state index in [1.165, 1.54) is 69.6 Å². The molecule has 1 fully saturated rings. The molecule has 2 aromatic carbocycles. The molecule has 1 saturated carbocycles. The highest BCUT2D eigenvalue weighted by Crippen LogP contribution is 2.37. The number of benzene rings is 2. The lowest BCUT2D eigenvalue weighted by Crippen LogP contribution is -2.21. The molecule has 0 spiro atoms. The molecule has 172 valence electrons. The summed E-state index contributed by atoms with van der Waals surface area (Å²) >= 11 is 0. The van der Waals surface area contributed by atoms with Crippen LogP contribution >= 0.6 is 0 Å². The average Bonchev–Trinajstić information content (AvgIpc) is 2.76. The maximum atomic E-state index is 14.6. The van der Waals surface area contributed by atoms with Crippen molar-refractivity contribution in [2.75, 3.05) is 0 Å². The van der Waals surface area contributed by atoms with Crippen molar-refractivity contribution in [2.24, 2.45) is 17.8 Å². The molecule has 0 aliphatic heterocycles. The minimum atomic E-state index is -1.04. The Morgan fingerprint density at radius 3 is 2.16 bits per heavy atom. The molecule has 0 nitrogen and oxygen atoms in total. The van der Waals surface area contributed by atoms with E-state index in [9.17, 15) is 17.6 Å². The molecule has 0 bridgehead atoms. The zero-order valence-corrected chi connectivity index (χ0v) is 19.0. The topological polar surface area (TPSA) is 0 Å². The highest BCUT2D eigenvalue weighted by Gasteiger charge is 2.25. The van der Waals surface area contributed by atoms with Crippen LogP contribution in [0.15, 0.2) is 30.3 Å². The molecule has 3 rings (SSSR count). The van der Waals surface area contributed by atoms with Gasteiger partial charge in [0.15, 0.2) is 11.6 Å². The summed E-state index contributed by atoms with van der Waals surface area (Å²) in [6.45, 7) is 4.41. The number of halogens is 4. The highest BCUT2D eigenvalue weighted by molar-refractivity contribution is 5.45. The Balaban J connectivity index is 1.60. The van der Waals surface area contributed by atoms with Gasteiger partial charge in [0.2, 0.25) is 0 Å². The minimum absolute atomic E-state index is 0.158. The second kappa shape index (κ2) is 11.5. The maximum Gasteiger partial charge on any atom is 0.160 e. The van der Waals surface area contributed by atoms with Crippen LogP contribution in [0.3, 0.4) is 0 Å². The van der Waals surface area contributed by atoms with Gasteiger partial charge in [0, 0.05) is 5.56 Å². The molecule has 0 heterocycles. The minimum Gasteiger partial charge on any atom is -0.206 e. The van der Waals surface area contributed by atoms with Crippen LogP contribution in [0.1, 0.15) is 81.9 Å². The van der Waals surface area contributed by atoms with Crippen LogP contribution in [-0.4, -0.2) is 0 Å². The van der Waals surface area contributed by atoms with Crippen molar-refractivity contribution >= 4 is 0 Å². The molecule has 0 aromatic heterocycles. The van der Waals surface area contributed by atoms with Crippen LogP contribution in [0.4, 0.5) is 17.6 Å². The highest BCUT2D eigenvalue weighted by atomic mass is 19.2. The van der Waals surface area contributed by atoms with Crippen LogP contribution in [0.5, 0.6) is 0 Å². The zero-order chi connectivity index (χ0) is 23.1. The molecule has 4 heteroatoms. The molecule has 0 N–H and O–H groups in total. The SMILES string of the molecule is CCCCCC1CCC(C(C)Cc2cc(F)c(C#Cc3ccc(F)c(F)c3)c(F)c2)CC1. The number of unbranched alkanes of at least 4 members (excludes halogenated alkanes) is 2. The Morgan fingerprint density at radius 1 is 0.844 bits per heavy atom. The standard InChI is InChI=1S/C28H32F4/c1-3-4-5-6-20-7-11-23(12-8-20)19(2)15-22-17-26(30)24(27(31)18-22)13-9-21-10-14-25(29)28(32)16-21/h10,14,16-20,23H,3-8,11-12,15H2,1-2H3. The van der Waals surface area contributed by atoms with E-state index < -0.39 is 23.3 Å². The molecule has 1 atom stereocenters. The fourth-order valence-electron chi connectivity index (χ4n) is 4.84.